The van der Waals surface area contributed by atoms with Crippen LogP contribution >= 0.6 is 0 Å². The number of allylic oxidation sites excluding steroid dienone is 2. The van der Waals surface area contributed by atoms with Gasteiger partial charge >= 0.3 is 5.97 Å². The molecule has 0 aromatic carbocycles. The zero-order chi connectivity index (χ0) is 14.5. The molecule has 1 saturated carbocycles. The third-order valence-corrected chi connectivity index (χ3v) is 4.70. The van der Waals surface area contributed by atoms with Crippen LogP contribution in [0.3, 0.4) is 0 Å². The Bertz CT molecular complexity index is 385. The number of rotatable bonds is 4. The third-order valence-electron chi connectivity index (χ3n) is 4.70. The van der Waals surface area contributed by atoms with Gasteiger partial charge in [-0.3, -0.25) is 9.59 Å². The van der Waals surface area contributed by atoms with Crippen molar-refractivity contribution in [2.24, 2.45) is 17.8 Å². The van der Waals surface area contributed by atoms with Gasteiger partial charge in [-0.15, -0.1) is 0 Å². The van der Waals surface area contributed by atoms with Crippen LogP contribution < -0.4 is 0 Å². The number of aliphatic carboxylic acids is 1. The molecule has 0 spiro atoms. The van der Waals surface area contributed by atoms with E-state index in [0.717, 1.165) is 6.54 Å². The molecule has 1 N–H and O–H groups in total. The predicted molar refractivity (Wildman–Crippen MR) is 77.2 cm³/mol. The number of carbonyl (C=O) groups excluding carboxylic acids is 1. The molecule has 2 aliphatic carbocycles. The Labute approximate surface area is 120 Å². The zero-order valence-corrected chi connectivity index (χ0v) is 12.3. The van der Waals surface area contributed by atoms with Crippen LogP contribution in [0, 0.1) is 17.8 Å². The Morgan fingerprint density at radius 2 is 1.70 bits per heavy atom. The van der Waals surface area contributed by atoms with Gasteiger partial charge in [0, 0.05) is 13.6 Å². The number of carboxylic acid groups (broad SMARTS) is 1. The van der Waals surface area contributed by atoms with E-state index in [0.29, 0.717) is 18.8 Å². The van der Waals surface area contributed by atoms with E-state index < -0.39 is 11.9 Å². The van der Waals surface area contributed by atoms with E-state index >= 15 is 0 Å². The second-order valence-corrected chi connectivity index (χ2v) is 6.22. The van der Waals surface area contributed by atoms with E-state index in [4.69, 9.17) is 0 Å². The summed E-state index contributed by atoms with van der Waals surface area (Å²) in [6.45, 7) is 0.783. The standard InChI is InChI=1S/C16H25NO3/c1-17(11-12-7-3-2-4-8-12)15(18)13-9-5-6-10-14(13)16(19)20/h5-6,12-14H,2-4,7-11H2,1H3,(H,19,20). The lowest BCUT2D eigenvalue weighted by Crippen LogP contribution is -2.42. The van der Waals surface area contributed by atoms with E-state index in [-0.39, 0.29) is 11.8 Å². The summed E-state index contributed by atoms with van der Waals surface area (Å²) in [5.41, 5.74) is 0. The lowest BCUT2D eigenvalue weighted by atomic mass is 9.81. The van der Waals surface area contributed by atoms with Crippen LogP contribution in [0.15, 0.2) is 12.2 Å². The van der Waals surface area contributed by atoms with E-state index in [9.17, 15) is 14.7 Å². The quantitative estimate of drug-likeness (QED) is 0.805. The normalized spacial score (nSPS) is 27.2. The highest BCUT2D eigenvalue weighted by molar-refractivity contribution is 5.85. The molecule has 1 fully saturated rings. The largest absolute Gasteiger partial charge is 0.481 e. The molecule has 20 heavy (non-hydrogen) atoms. The minimum atomic E-state index is -0.848. The van der Waals surface area contributed by atoms with Gasteiger partial charge in [-0.2, -0.15) is 0 Å². The van der Waals surface area contributed by atoms with Gasteiger partial charge in [0.1, 0.15) is 0 Å². The van der Waals surface area contributed by atoms with Crippen LogP contribution in [0.5, 0.6) is 0 Å². The maximum atomic E-state index is 12.5. The van der Waals surface area contributed by atoms with Crippen LogP contribution in [0.2, 0.25) is 0 Å². The van der Waals surface area contributed by atoms with Gasteiger partial charge < -0.3 is 10.0 Å². The summed E-state index contributed by atoms with van der Waals surface area (Å²) < 4.78 is 0. The van der Waals surface area contributed by atoms with Crippen molar-refractivity contribution in [3.63, 3.8) is 0 Å². The number of carboxylic acids is 1. The van der Waals surface area contributed by atoms with Crippen LogP contribution in [0.25, 0.3) is 0 Å². The second kappa shape index (κ2) is 6.91. The lowest BCUT2D eigenvalue weighted by molar-refractivity contribution is -0.150. The highest BCUT2D eigenvalue weighted by Crippen LogP contribution is 2.29. The molecule has 0 aliphatic heterocycles. The highest BCUT2D eigenvalue weighted by Gasteiger charge is 2.35. The third kappa shape index (κ3) is 3.62. The molecule has 4 heteroatoms. The number of hydrogen-bond acceptors (Lipinski definition) is 2. The maximum Gasteiger partial charge on any atom is 0.307 e. The van der Waals surface area contributed by atoms with Crippen molar-refractivity contribution in [3.05, 3.63) is 12.2 Å². The molecule has 4 nitrogen and oxygen atoms in total. The summed E-state index contributed by atoms with van der Waals surface area (Å²) in [5.74, 6) is -1.18. The molecular formula is C16H25NO3. The van der Waals surface area contributed by atoms with E-state index in [1.807, 2.05) is 19.2 Å². The summed E-state index contributed by atoms with van der Waals surface area (Å²) in [4.78, 5) is 25.6. The molecule has 0 heterocycles. The minimum Gasteiger partial charge on any atom is -0.481 e. The molecule has 0 radical (unpaired) electrons. The van der Waals surface area contributed by atoms with E-state index in [2.05, 4.69) is 0 Å². The van der Waals surface area contributed by atoms with E-state index in [1.54, 1.807) is 4.90 Å². The molecule has 2 atom stereocenters. The van der Waals surface area contributed by atoms with Crippen molar-refractivity contribution >= 4 is 11.9 Å². The number of nitrogens with zero attached hydrogens (tertiary/aromatic N) is 1. The fraction of sp³-hybridized carbons (Fsp3) is 0.750. The molecule has 0 aromatic rings. The molecule has 1 amide bonds. The summed E-state index contributed by atoms with van der Waals surface area (Å²) in [5, 5.41) is 9.26. The number of amides is 1. The van der Waals surface area contributed by atoms with Gasteiger partial charge in [0.25, 0.3) is 0 Å². The number of hydrogen-bond donors (Lipinski definition) is 1. The van der Waals surface area contributed by atoms with Crippen LogP contribution in [-0.4, -0.2) is 35.5 Å². The first-order chi connectivity index (χ1) is 9.59. The second-order valence-electron chi connectivity index (χ2n) is 6.22. The van der Waals surface area contributed by atoms with Gasteiger partial charge in [-0.25, -0.2) is 0 Å². The highest BCUT2D eigenvalue weighted by atomic mass is 16.4. The predicted octanol–water partition coefficient (Wildman–Crippen LogP) is 2.69. The molecule has 0 aromatic heterocycles. The van der Waals surface area contributed by atoms with Crippen molar-refractivity contribution in [3.8, 4) is 0 Å². The van der Waals surface area contributed by atoms with Crippen molar-refractivity contribution in [1.29, 1.82) is 0 Å². The molecule has 0 bridgehead atoms. The Kier molecular flexibility index (Phi) is 5.21. The van der Waals surface area contributed by atoms with E-state index in [1.165, 1.54) is 32.1 Å². The first-order valence-electron chi connectivity index (χ1n) is 7.72. The average molecular weight is 279 g/mol. The van der Waals surface area contributed by atoms with Crippen molar-refractivity contribution in [2.45, 2.75) is 44.9 Å². The topological polar surface area (TPSA) is 57.6 Å². The van der Waals surface area contributed by atoms with Crippen molar-refractivity contribution in [2.75, 3.05) is 13.6 Å². The summed E-state index contributed by atoms with van der Waals surface area (Å²) in [6, 6.07) is 0. The maximum absolute atomic E-state index is 12.5. The SMILES string of the molecule is CN(CC1CCCCC1)C(=O)C1CC=CCC1C(=O)O. The van der Waals surface area contributed by atoms with Crippen LogP contribution in [-0.2, 0) is 9.59 Å². The first kappa shape index (κ1) is 15.1. The zero-order valence-electron chi connectivity index (χ0n) is 12.3. The fourth-order valence-electron chi connectivity index (χ4n) is 3.49. The molecule has 2 unspecified atom stereocenters. The van der Waals surface area contributed by atoms with Gasteiger partial charge in [0.2, 0.25) is 5.91 Å². The molecule has 112 valence electrons. The lowest BCUT2D eigenvalue weighted by Gasteiger charge is -2.32. The smallest absolute Gasteiger partial charge is 0.307 e. The van der Waals surface area contributed by atoms with Crippen molar-refractivity contribution in [1.82, 2.24) is 4.90 Å². The fourth-order valence-corrected chi connectivity index (χ4v) is 3.49. The Morgan fingerprint density at radius 3 is 2.30 bits per heavy atom. The molecule has 2 rings (SSSR count). The summed E-state index contributed by atoms with van der Waals surface area (Å²) >= 11 is 0. The summed E-state index contributed by atoms with van der Waals surface area (Å²) in [7, 11) is 1.83. The Balaban J connectivity index is 1.94. The minimum absolute atomic E-state index is 0.00678. The molecular weight excluding hydrogens is 254 g/mol. The van der Waals surface area contributed by atoms with Crippen LogP contribution in [0.1, 0.15) is 44.9 Å². The van der Waals surface area contributed by atoms with Crippen molar-refractivity contribution < 1.29 is 14.7 Å². The summed E-state index contributed by atoms with van der Waals surface area (Å²) in [6.07, 6.45) is 11.1. The van der Waals surface area contributed by atoms with Crippen LogP contribution in [0.4, 0.5) is 0 Å². The van der Waals surface area contributed by atoms with Gasteiger partial charge in [-0.05, 0) is 31.6 Å². The first-order valence-corrected chi connectivity index (χ1v) is 7.72. The number of carbonyl (C=O) groups is 2. The van der Waals surface area contributed by atoms with Gasteiger partial charge in [-0.1, -0.05) is 31.4 Å². The molecule has 2 aliphatic rings. The average Bonchev–Trinajstić information content (AvgIpc) is 2.47. The van der Waals surface area contributed by atoms with Gasteiger partial charge in [0.05, 0.1) is 11.8 Å². The molecule has 0 saturated heterocycles. The Hall–Kier alpha value is -1.32. The van der Waals surface area contributed by atoms with Gasteiger partial charge in [0.15, 0.2) is 0 Å². The monoisotopic (exact) mass is 279 g/mol. The Morgan fingerprint density at radius 1 is 1.10 bits per heavy atom.